The Morgan fingerprint density at radius 1 is 0.903 bits per heavy atom. The number of thiazole rings is 1. The molecule has 0 bridgehead atoms. The van der Waals surface area contributed by atoms with E-state index in [0.29, 0.717) is 11.1 Å². The van der Waals surface area contributed by atoms with E-state index in [0.717, 1.165) is 28.4 Å². The molecule has 0 radical (unpaired) electrons. The molecule has 0 fully saturated rings. The van der Waals surface area contributed by atoms with Gasteiger partial charge in [-0.2, -0.15) is 15.0 Å². The first-order valence-electron chi connectivity index (χ1n) is 9.29. The fourth-order valence-electron chi connectivity index (χ4n) is 2.93. The van der Waals surface area contributed by atoms with Gasteiger partial charge in [-0.15, -0.1) is 11.3 Å². The molecule has 4 rings (SSSR count). The van der Waals surface area contributed by atoms with Gasteiger partial charge in [0, 0.05) is 30.7 Å². The molecule has 0 spiro atoms. The highest BCUT2D eigenvalue weighted by atomic mass is 35.5. The molecular formula is C21H20ClN7OS. The van der Waals surface area contributed by atoms with Crippen LogP contribution in [0.1, 0.15) is 0 Å². The van der Waals surface area contributed by atoms with Crippen LogP contribution in [0.3, 0.4) is 0 Å². The monoisotopic (exact) mass is 453 g/mol. The van der Waals surface area contributed by atoms with Crippen LogP contribution in [0.25, 0.3) is 11.3 Å². The number of nitrogens with zero attached hydrogens (tertiary/aromatic N) is 6. The van der Waals surface area contributed by atoms with Crippen LogP contribution in [0.4, 0.5) is 28.4 Å². The quantitative estimate of drug-likeness (QED) is 0.446. The molecule has 0 saturated carbocycles. The lowest BCUT2D eigenvalue weighted by Gasteiger charge is -2.21. The highest BCUT2D eigenvalue weighted by Crippen LogP contribution is 2.37. The van der Waals surface area contributed by atoms with E-state index >= 15 is 0 Å². The van der Waals surface area contributed by atoms with Crippen molar-refractivity contribution in [2.45, 2.75) is 0 Å². The Balaban J connectivity index is 1.78. The van der Waals surface area contributed by atoms with Crippen molar-refractivity contribution in [3.63, 3.8) is 0 Å². The van der Waals surface area contributed by atoms with E-state index in [1.54, 1.807) is 12.0 Å². The van der Waals surface area contributed by atoms with Crippen LogP contribution in [-0.2, 0) is 0 Å². The minimum absolute atomic E-state index is 0.0179. The molecule has 8 nitrogen and oxygen atoms in total. The number of aromatic nitrogens is 4. The van der Waals surface area contributed by atoms with Gasteiger partial charge in [0.05, 0.1) is 18.5 Å². The van der Waals surface area contributed by atoms with Crippen LogP contribution in [0.2, 0.25) is 5.28 Å². The van der Waals surface area contributed by atoms with Gasteiger partial charge < -0.3 is 15.4 Å². The Morgan fingerprint density at radius 2 is 1.58 bits per heavy atom. The molecule has 2 heterocycles. The normalized spacial score (nSPS) is 10.7. The molecular weight excluding hydrogens is 434 g/mol. The van der Waals surface area contributed by atoms with E-state index < -0.39 is 0 Å². The van der Waals surface area contributed by atoms with E-state index in [-0.39, 0.29) is 11.2 Å². The van der Waals surface area contributed by atoms with Crippen LogP contribution in [0.5, 0.6) is 5.75 Å². The number of hydrogen-bond acceptors (Lipinski definition) is 9. The third kappa shape index (κ3) is 4.52. The van der Waals surface area contributed by atoms with E-state index in [2.05, 4.69) is 15.0 Å². The molecule has 2 aromatic heterocycles. The standard InChI is InChI=1S/C21H20ClN7OS/c1-28(2)14-6-8-15(9-7-14)29(20-26-18(22)25-19(23)27-20)21-24-17(12-31-21)13-4-10-16(30-3)11-5-13/h4-12H,1-3H3,(H2,23,25,26,27). The summed E-state index contributed by atoms with van der Waals surface area (Å²) in [6, 6.07) is 15.7. The summed E-state index contributed by atoms with van der Waals surface area (Å²) in [5, 5.41) is 2.67. The molecule has 0 atom stereocenters. The molecule has 4 aromatic rings. The number of halogens is 1. The van der Waals surface area contributed by atoms with Crippen LogP contribution in [0, 0.1) is 0 Å². The van der Waals surface area contributed by atoms with Crippen molar-refractivity contribution in [1.82, 2.24) is 19.9 Å². The number of methoxy groups -OCH3 is 1. The van der Waals surface area contributed by atoms with Gasteiger partial charge in [-0.05, 0) is 60.1 Å². The lowest BCUT2D eigenvalue weighted by molar-refractivity contribution is 0.415. The van der Waals surface area contributed by atoms with Crippen LogP contribution >= 0.6 is 22.9 Å². The maximum absolute atomic E-state index is 6.06. The summed E-state index contributed by atoms with van der Waals surface area (Å²) in [5.41, 5.74) is 9.52. The summed E-state index contributed by atoms with van der Waals surface area (Å²) in [4.78, 5) is 21.1. The largest absolute Gasteiger partial charge is 0.497 e. The molecule has 10 heteroatoms. The Morgan fingerprint density at radius 3 is 2.19 bits per heavy atom. The topological polar surface area (TPSA) is 93.3 Å². The van der Waals surface area contributed by atoms with Gasteiger partial charge in [-0.3, -0.25) is 4.90 Å². The van der Waals surface area contributed by atoms with Gasteiger partial charge in [0.2, 0.25) is 17.2 Å². The van der Waals surface area contributed by atoms with E-state index in [1.165, 1.54) is 11.3 Å². The van der Waals surface area contributed by atoms with Crippen LogP contribution in [-0.4, -0.2) is 41.1 Å². The fraction of sp³-hybridized carbons (Fsp3) is 0.143. The van der Waals surface area contributed by atoms with Crippen molar-refractivity contribution >= 4 is 51.3 Å². The molecule has 0 saturated heterocycles. The van der Waals surface area contributed by atoms with Crippen molar-refractivity contribution in [3.8, 4) is 17.0 Å². The first kappa shape index (κ1) is 20.8. The second-order valence-corrected chi connectivity index (χ2v) is 7.93. The molecule has 0 aliphatic rings. The first-order chi connectivity index (χ1) is 14.9. The van der Waals surface area contributed by atoms with Gasteiger partial charge in [0.15, 0.2) is 5.13 Å². The zero-order chi connectivity index (χ0) is 22.0. The highest BCUT2D eigenvalue weighted by Gasteiger charge is 2.21. The fourth-order valence-corrected chi connectivity index (χ4v) is 3.94. The lowest BCUT2D eigenvalue weighted by atomic mass is 10.2. The summed E-state index contributed by atoms with van der Waals surface area (Å²) in [5.74, 6) is 1.12. The van der Waals surface area contributed by atoms with E-state index in [1.807, 2.05) is 72.9 Å². The number of anilines is 5. The Bertz CT molecular complexity index is 1160. The van der Waals surface area contributed by atoms with Gasteiger partial charge in [-0.25, -0.2) is 4.98 Å². The Kier molecular flexibility index (Phi) is 5.88. The van der Waals surface area contributed by atoms with Crippen molar-refractivity contribution in [2.24, 2.45) is 0 Å². The van der Waals surface area contributed by atoms with Gasteiger partial charge in [0.1, 0.15) is 5.75 Å². The molecule has 31 heavy (non-hydrogen) atoms. The van der Waals surface area contributed by atoms with E-state index in [9.17, 15) is 0 Å². The third-order valence-electron chi connectivity index (χ3n) is 4.51. The minimum Gasteiger partial charge on any atom is -0.497 e. The average Bonchev–Trinajstić information content (AvgIpc) is 3.23. The van der Waals surface area contributed by atoms with Gasteiger partial charge in [-0.1, -0.05) is 0 Å². The molecule has 0 unspecified atom stereocenters. The smallest absolute Gasteiger partial charge is 0.242 e. The Hall–Kier alpha value is -3.43. The van der Waals surface area contributed by atoms with Crippen molar-refractivity contribution in [1.29, 1.82) is 0 Å². The average molecular weight is 454 g/mol. The maximum Gasteiger partial charge on any atom is 0.242 e. The minimum atomic E-state index is 0.0179. The molecule has 0 amide bonds. The number of hydrogen-bond donors (Lipinski definition) is 1. The van der Waals surface area contributed by atoms with Crippen molar-refractivity contribution in [2.75, 3.05) is 36.7 Å². The molecule has 0 aliphatic carbocycles. The van der Waals surface area contributed by atoms with Crippen molar-refractivity contribution < 1.29 is 4.74 Å². The summed E-state index contributed by atoms with van der Waals surface area (Å²) < 4.78 is 5.24. The molecule has 158 valence electrons. The number of nitrogens with two attached hydrogens (primary N) is 1. The van der Waals surface area contributed by atoms with Gasteiger partial charge >= 0.3 is 0 Å². The van der Waals surface area contributed by atoms with Crippen LogP contribution < -0.4 is 20.3 Å². The SMILES string of the molecule is COc1ccc(-c2csc(N(c3ccc(N(C)C)cc3)c3nc(N)nc(Cl)n3)n2)cc1. The zero-order valence-electron chi connectivity index (χ0n) is 17.2. The second kappa shape index (κ2) is 8.75. The number of nitrogen functional groups attached to an aromatic ring is 1. The number of ether oxygens (including phenoxy) is 1. The summed E-state index contributed by atoms with van der Waals surface area (Å²) in [7, 11) is 5.61. The summed E-state index contributed by atoms with van der Waals surface area (Å²) in [6.07, 6.45) is 0. The Labute approximate surface area is 188 Å². The maximum atomic E-state index is 6.06. The van der Waals surface area contributed by atoms with Crippen LogP contribution in [0.15, 0.2) is 53.9 Å². The second-order valence-electron chi connectivity index (χ2n) is 6.75. The first-order valence-corrected chi connectivity index (χ1v) is 10.5. The number of benzene rings is 2. The lowest BCUT2D eigenvalue weighted by Crippen LogP contribution is -2.15. The molecule has 2 aromatic carbocycles. The summed E-state index contributed by atoms with van der Waals surface area (Å²) >= 11 is 7.52. The van der Waals surface area contributed by atoms with E-state index in [4.69, 9.17) is 27.1 Å². The third-order valence-corrected chi connectivity index (χ3v) is 5.50. The predicted molar refractivity (Wildman–Crippen MR) is 126 cm³/mol. The highest BCUT2D eigenvalue weighted by molar-refractivity contribution is 7.14. The zero-order valence-corrected chi connectivity index (χ0v) is 18.7. The van der Waals surface area contributed by atoms with Gasteiger partial charge in [0.25, 0.3) is 0 Å². The number of rotatable bonds is 6. The van der Waals surface area contributed by atoms with Crippen molar-refractivity contribution in [3.05, 3.63) is 59.2 Å². The molecule has 0 aliphatic heterocycles. The summed E-state index contributed by atoms with van der Waals surface area (Å²) in [6.45, 7) is 0. The molecule has 2 N–H and O–H groups in total. The predicted octanol–water partition coefficient (Wildman–Crippen LogP) is 4.78.